The molecular formula is C33H26N2O4. The van der Waals surface area contributed by atoms with Crippen LogP contribution < -0.4 is 15.0 Å². The fraction of sp³-hybridized carbons (Fsp3) is 0.182. The Hall–Kier alpha value is -4.71. The largest absolute Gasteiger partial charge is 0.497 e. The van der Waals surface area contributed by atoms with Crippen LogP contribution in [-0.4, -0.2) is 36.7 Å². The zero-order valence-electron chi connectivity index (χ0n) is 21.5. The molecule has 39 heavy (non-hydrogen) atoms. The van der Waals surface area contributed by atoms with Gasteiger partial charge in [-0.2, -0.15) is 0 Å². The van der Waals surface area contributed by atoms with Crippen molar-refractivity contribution < 1.29 is 19.1 Å². The van der Waals surface area contributed by atoms with E-state index in [4.69, 9.17) is 4.74 Å². The van der Waals surface area contributed by atoms with Gasteiger partial charge in [-0.1, -0.05) is 60.7 Å². The van der Waals surface area contributed by atoms with Gasteiger partial charge in [0.15, 0.2) is 11.6 Å². The molecule has 7 rings (SSSR count). The van der Waals surface area contributed by atoms with Crippen LogP contribution >= 0.6 is 0 Å². The molecule has 3 heterocycles. The highest BCUT2D eigenvalue weighted by atomic mass is 16.5. The van der Waals surface area contributed by atoms with Gasteiger partial charge in [-0.25, -0.2) is 0 Å². The van der Waals surface area contributed by atoms with Crippen LogP contribution in [0.4, 0.5) is 11.4 Å². The fourth-order valence-electron chi connectivity index (χ4n) is 7.02. The van der Waals surface area contributed by atoms with Crippen LogP contribution in [0.1, 0.15) is 28.4 Å². The quantitative estimate of drug-likeness (QED) is 0.369. The minimum Gasteiger partial charge on any atom is -0.497 e. The lowest BCUT2D eigenvalue weighted by Gasteiger charge is -2.38. The second kappa shape index (κ2) is 8.40. The molecule has 0 unspecified atom stereocenters. The van der Waals surface area contributed by atoms with Gasteiger partial charge < -0.3 is 15.0 Å². The van der Waals surface area contributed by atoms with Gasteiger partial charge in [-0.15, -0.1) is 0 Å². The number of hydrogen-bond donors (Lipinski definition) is 1. The van der Waals surface area contributed by atoms with E-state index in [1.54, 1.807) is 31.4 Å². The van der Waals surface area contributed by atoms with Crippen LogP contribution in [0.15, 0.2) is 91.0 Å². The number of methoxy groups -OCH3 is 1. The molecule has 192 valence electrons. The maximum atomic E-state index is 14.5. The van der Waals surface area contributed by atoms with Crippen molar-refractivity contribution in [2.45, 2.75) is 24.4 Å². The Bertz CT molecular complexity index is 1720. The van der Waals surface area contributed by atoms with E-state index in [2.05, 4.69) is 17.4 Å². The van der Waals surface area contributed by atoms with Gasteiger partial charge in [0, 0.05) is 22.5 Å². The number of amides is 1. The van der Waals surface area contributed by atoms with Gasteiger partial charge in [0.05, 0.1) is 25.1 Å². The smallest absolute Gasteiger partial charge is 0.238 e. The van der Waals surface area contributed by atoms with Gasteiger partial charge in [-0.05, 0) is 59.7 Å². The first-order chi connectivity index (χ1) is 19.0. The fourth-order valence-corrected chi connectivity index (χ4v) is 7.02. The Kier molecular flexibility index (Phi) is 5.04. The summed E-state index contributed by atoms with van der Waals surface area (Å²) in [5.74, 6) is -0.978. The van der Waals surface area contributed by atoms with Crippen LogP contribution in [-0.2, 0) is 15.0 Å². The first kappa shape index (κ1) is 23.4. The number of rotatable bonds is 4. The molecule has 1 amide bonds. The van der Waals surface area contributed by atoms with Crippen LogP contribution in [0, 0.1) is 5.92 Å². The number of nitrogens with one attached hydrogen (secondary N) is 1. The third-order valence-electron chi connectivity index (χ3n) is 8.61. The molecule has 6 heteroatoms. The minimum absolute atomic E-state index is 0.157. The zero-order chi connectivity index (χ0) is 26.9. The molecule has 1 fully saturated rings. The highest BCUT2D eigenvalue weighted by molar-refractivity contribution is 6.17. The normalized spacial score (nSPS) is 24.3. The number of benzene rings is 4. The average Bonchev–Trinajstić information content (AvgIpc) is 3.45. The molecule has 1 spiro atoms. The highest BCUT2D eigenvalue weighted by Crippen LogP contribution is 2.58. The van der Waals surface area contributed by atoms with E-state index in [-0.39, 0.29) is 17.5 Å². The van der Waals surface area contributed by atoms with Crippen molar-refractivity contribution in [3.8, 4) is 5.75 Å². The van der Waals surface area contributed by atoms with Crippen LogP contribution in [0.5, 0.6) is 5.75 Å². The average molecular weight is 515 g/mol. The monoisotopic (exact) mass is 514 g/mol. The number of Topliss-reactive ketones (excluding diaryl/α,β-unsaturated/α-hetero) is 2. The number of hydrogen-bond acceptors (Lipinski definition) is 5. The van der Waals surface area contributed by atoms with Gasteiger partial charge in [0.2, 0.25) is 5.91 Å². The molecule has 0 bridgehead atoms. The Morgan fingerprint density at radius 1 is 0.923 bits per heavy atom. The summed E-state index contributed by atoms with van der Waals surface area (Å²) < 4.78 is 5.30. The summed E-state index contributed by atoms with van der Waals surface area (Å²) in [5.41, 5.74) is 2.40. The number of nitrogens with zero attached hydrogens (tertiary/aromatic N) is 1. The number of ketones is 2. The number of carbonyl (C=O) groups is 3. The molecular weight excluding hydrogens is 488 g/mol. The van der Waals surface area contributed by atoms with E-state index in [0.29, 0.717) is 17.0 Å². The second-order valence-corrected chi connectivity index (χ2v) is 10.4. The van der Waals surface area contributed by atoms with Crippen molar-refractivity contribution >= 4 is 45.7 Å². The maximum absolute atomic E-state index is 14.5. The topological polar surface area (TPSA) is 75.7 Å². The standard InChI is InChI=1S/C33H26N2O4/c1-19(36)30-29(31(37)21-11-14-22(39-2)15-12-21)33(25-9-5-6-10-26(25)34-32(33)38)28-18-16-24-23-8-4-3-7-20(23)13-17-27(24)35(28)30/h3-18,28-30H,1-2H3,(H,34,38)/t28-,29-,30-,33-/m1/s1. The predicted octanol–water partition coefficient (Wildman–Crippen LogP) is 5.41. The zero-order valence-corrected chi connectivity index (χ0v) is 21.5. The van der Waals surface area contributed by atoms with Crippen LogP contribution in [0.3, 0.4) is 0 Å². The van der Waals surface area contributed by atoms with Crippen molar-refractivity contribution in [1.82, 2.24) is 0 Å². The number of ether oxygens (including phenoxy) is 1. The summed E-state index contributed by atoms with van der Waals surface area (Å²) in [7, 11) is 1.57. The van der Waals surface area contributed by atoms with E-state index >= 15 is 0 Å². The molecule has 0 radical (unpaired) electrons. The third-order valence-corrected chi connectivity index (χ3v) is 8.61. The first-order valence-electron chi connectivity index (χ1n) is 13.0. The molecule has 4 atom stereocenters. The Balaban J connectivity index is 1.51. The van der Waals surface area contributed by atoms with E-state index in [9.17, 15) is 14.4 Å². The molecule has 3 aliphatic heterocycles. The molecule has 1 saturated heterocycles. The number of para-hydroxylation sites is 1. The molecule has 6 nitrogen and oxygen atoms in total. The molecule has 0 aromatic heterocycles. The number of fused-ring (bicyclic) bond motifs is 8. The molecule has 3 aliphatic rings. The summed E-state index contributed by atoms with van der Waals surface area (Å²) >= 11 is 0. The summed E-state index contributed by atoms with van der Waals surface area (Å²) in [6.45, 7) is 1.52. The Morgan fingerprint density at radius 2 is 1.67 bits per heavy atom. The molecule has 0 saturated carbocycles. The van der Waals surface area contributed by atoms with E-state index in [1.807, 2.05) is 65.6 Å². The summed E-state index contributed by atoms with van der Waals surface area (Å²) in [6, 6.07) is 25.2. The van der Waals surface area contributed by atoms with Crippen LogP contribution in [0.2, 0.25) is 0 Å². The Labute approximate surface area is 225 Å². The van der Waals surface area contributed by atoms with Crippen molar-refractivity contribution in [1.29, 1.82) is 0 Å². The second-order valence-electron chi connectivity index (χ2n) is 10.4. The van der Waals surface area contributed by atoms with Gasteiger partial charge in [-0.3, -0.25) is 14.4 Å². The third kappa shape index (κ3) is 3.05. The lowest BCUT2D eigenvalue weighted by atomic mass is 9.64. The van der Waals surface area contributed by atoms with Gasteiger partial charge in [0.1, 0.15) is 11.2 Å². The molecule has 1 N–H and O–H groups in total. The van der Waals surface area contributed by atoms with Gasteiger partial charge >= 0.3 is 0 Å². The Morgan fingerprint density at radius 3 is 2.44 bits per heavy atom. The summed E-state index contributed by atoms with van der Waals surface area (Å²) in [4.78, 5) is 44.4. The predicted molar refractivity (Wildman–Crippen MR) is 151 cm³/mol. The van der Waals surface area contributed by atoms with E-state index in [1.165, 1.54) is 6.92 Å². The lowest BCUT2D eigenvalue weighted by Crippen LogP contribution is -2.51. The molecule has 4 aromatic rings. The lowest BCUT2D eigenvalue weighted by molar-refractivity contribution is -0.122. The number of carbonyl (C=O) groups excluding carboxylic acids is 3. The van der Waals surface area contributed by atoms with E-state index in [0.717, 1.165) is 27.6 Å². The molecule has 0 aliphatic carbocycles. The van der Waals surface area contributed by atoms with Crippen molar-refractivity contribution in [3.63, 3.8) is 0 Å². The summed E-state index contributed by atoms with van der Waals surface area (Å²) in [5, 5.41) is 5.19. The number of anilines is 2. The highest BCUT2D eigenvalue weighted by Gasteiger charge is 2.69. The van der Waals surface area contributed by atoms with Gasteiger partial charge in [0.25, 0.3) is 0 Å². The maximum Gasteiger partial charge on any atom is 0.238 e. The minimum atomic E-state index is -1.29. The van der Waals surface area contributed by atoms with Crippen molar-refractivity contribution in [2.75, 3.05) is 17.3 Å². The SMILES string of the molecule is COc1ccc(C(=O)[C@H]2[C@@H](C(C)=O)N3c4ccc5ccccc5c4C=C[C@@H]3[C@@]23C(=O)Nc2ccccc23)cc1. The van der Waals surface area contributed by atoms with E-state index < -0.39 is 23.4 Å². The summed E-state index contributed by atoms with van der Waals surface area (Å²) in [6.07, 6.45) is 4.06. The van der Waals surface area contributed by atoms with Crippen molar-refractivity contribution in [3.05, 3.63) is 108 Å². The molecule has 4 aromatic carbocycles. The van der Waals surface area contributed by atoms with Crippen molar-refractivity contribution in [2.24, 2.45) is 5.92 Å². The first-order valence-corrected chi connectivity index (χ1v) is 13.0. The van der Waals surface area contributed by atoms with Crippen LogP contribution in [0.25, 0.3) is 16.8 Å².